The van der Waals surface area contributed by atoms with E-state index >= 15 is 0 Å². The zero-order chi connectivity index (χ0) is 26.7. The average molecular weight is 502 g/mol. The van der Waals surface area contributed by atoms with Crippen molar-refractivity contribution >= 4 is 16.8 Å². The van der Waals surface area contributed by atoms with Crippen LogP contribution < -0.4 is 10.5 Å². The van der Waals surface area contributed by atoms with Gasteiger partial charge in [0.1, 0.15) is 11.5 Å². The van der Waals surface area contributed by atoms with E-state index in [9.17, 15) is 4.79 Å². The quantitative estimate of drug-likeness (QED) is 0.364. The van der Waals surface area contributed by atoms with Gasteiger partial charge in [0.05, 0.1) is 16.9 Å². The largest absolute Gasteiger partial charge is 0.457 e. The molecule has 1 aliphatic rings. The van der Waals surface area contributed by atoms with Gasteiger partial charge in [0.15, 0.2) is 0 Å². The number of hydrogen-bond donors (Lipinski definition) is 1. The van der Waals surface area contributed by atoms with Gasteiger partial charge in [-0.15, -0.1) is 0 Å². The lowest BCUT2D eigenvalue weighted by Crippen LogP contribution is -2.36. The number of aromatic nitrogens is 3. The summed E-state index contributed by atoms with van der Waals surface area (Å²) in [5.74, 6) is 1.93. The lowest BCUT2D eigenvalue weighted by molar-refractivity contribution is 0.0999. The highest BCUT2D eigenvalue weighted by molar-refractivity contribution is 5.94. The van der Waals surface area contributed by atoms with E-state index in [0.29, 0.717) is 11.3 Å². The highest BCUT2D eigenvalue weighted by Crippen LogP contribution is 2.29. The summed E-state index contributed by atoms with van der Waals surface area (Å²) in [7, 11) is 4.14. The van der Waals surface area contributed by atoms with E-state index in [1.165, 1.54) is 19.4 Å². The van der Waals surface area contributed by atoms with E-state index in [-0.39, 0.29) is 1.43 Å². The number of pyridine rings is 1. The lowest BCUT2D eigenvalue weighted by Gasteiger charge is -2.33. The predicted octanol–water partition coefficient (Wildman–Crippen LogP) is 6.13. The van der Waals surface area contributed by atoms with Crippen LogP contribution in [0.4, 0.5) is 0 Å². The first kappa shape index (κ1) is 26.4. The molecule has 2 aromatic carbocycles. The van der Waals surface area contributed by atoms with Crippen LogP contribution in [0.15, 0.2) is 54.7 Å². The molecule has 196 valence electrons. The molecule has 0 aliphatic carbocycles. The summed E-state index contributed by atoms with van der Waals surface area (Å²) in [5.41, 5.74) is 10.4. The van der Waals surface area contributed by atoms with Gasteiger partial charge >= 0.3 is 0 Å². The van der Waals surface area contributed by atoms with Crippen molar-refractivity contribution in [2.75, 3.05) is 13.6 Å². The molecule has 1 saturated heterocycles. The fraction of sp³-hybridized carbons (Fsp3) is 0.367. The van der Waals surface area contributed by atoms with Crippen molar-refractivity contribution in [3.63, 3.8) is 0 Å². The molecule has 5 rings (SSSR count). The normalized spacial score (nSPS) is 17.8. The Labute approximate surface area is 220 Å². The maximum Gasteiger partial charge on any atom is 0.248 e. The van der Waals surface area contributed by atoms with Gasteiger partial charge in [-0.3, -0.25) is 14.5 Å². The second-order valence-corrected chi connectivity index (χ2v) is 10.2. The highest BCUT2D eigenvalue weighted by atomic mass is 16.5. The number of benzene rings is 2. The smallest absolute Gasteiger partial charge is 0.248 e. The van der Waals surface area contributed by atoms with Crippen LogP contribution in [0.25, 0.3) is 22.2 Å². The van der Waals surface area contributed by atoms with Gasteiger partial charge in [0, 0.05) is 49.4 Å². The Morgan fingerprint density at radius 3 is 2.49 bits per heavy atom. The van der Waals surface area contributed by atoms with Gasteiger partial charge in [-0.1, -0.05) is 13.0 Å². The molecule has 2 unspecified atom stereocenters. The van der Waals surface area contributed by atoms with Crippen molar-refractivity contribution < 1.29 is 11.0 Å². The van der Waals surface area contributed by atoms with Gasteiger partial charge in [-0.05, 0) is 89.0 Å². The molecule has 37 heavy (non-hydrogen) atoms. The summed E-state index contributed by atoms with van der Waals surface area (Å²) in [6, 6.07) is 15.9. The van der Waals surface area contributed by atoms with Gasteiger partial charge in [0.25, 0.3) is 0 Å². The average Bonchev–Trinajstić information content (AvgIpc) is 3.14. The second-order valence-electron chi connectivity index (χ2n) is 10.2. The maximum atomic E-state index is 11.4. The number of aryl methyl sites for hydroxylation is 3. The van der Waals surface area contributed by atoms with Crippen molar-refractivity contribution in [1.29, 1.82) is 0 Å². The number of carbonyl (C=O) groups is 1. The Balaban J connectivity index is 0.000000341. The first-order chi connectivity index (χ1) is 17.6. The summed E-state index contributed by atoms with van der Waals surface area (Å²) in [6.07, 6.45) is 4.48. The maximum absolute atomic E-state index is 11.4. The number of carbonyl (C=O) groups excluding carboxylic acids is 1. The Morgan fingerprint density at radius 1 is 1.05 bits per heavy atom. The fourth-order valence-corrected chi connectivity index (χ4v) is 4.87. The number of nitrogens with zero attached hydrogens (tertiary/aromatic N) is 4. The number of likely N-dealkylation sites (tertiary alicyclic amines) is 1. The number of nitrogens with two attached hydrogens (primary N) is 1. The van der Waals surface area contributed by atoms with Gasteiger partial charge in [0.2, 0.25) is 5.91 Å². The Morgan fingerprint density at radius 2 is 1.81 bits per heavy atom. The molecule has 4 aromatic rings. The van der Waals surface area contributed by atoms with Crippen LogP contribution in [0.5, 0.6) is 11.5 Å². The molecule has 2 aromatic heterocycles. The zero-order valence-electron chi connectivity index (χ0n) is 22.7. The predicted molar refractivity (Wildman–Crippen MR) is 151 cm³/mol. The van der Waals surface area contributed by atoms with Crippen molar-refractivity contribution in [2.45, 2.75) is 46.6 Å². The molecule has 2 atom stereocenters. The van der Waals surface area contributed by atoms with Crippen LogP contribution >= 0.6 is 0 Å². The summed E-state index contributed by atoms with van der Waals surface area (Å²) >= 11 is 0. The molecule has 2 N–H and O–H groups in total. The monoisotopic (exact) mass is 501 g/mol. The summed E-state index contributed by atoms with van der Waals surface area (Å²) < 4.78 is 7.90. The lowest BCUT2D eigenvalue weighted by atomic mass is 9.94. The topological polar surface area (TPSA) is 86.3 Å². The minimum Gasteiger partial charge on any atom is -0.457 e. The molecule has 7 heteroatoms. The number of amides is 1. The van der Waals surface area contributed by atoms with E-state index in [4.69, 9.17) is 10.5 Å². The molecule has 1 amide bonds. The van der Waals surface area contributed by atoms with E-state index in [0.717, 1.165) is 51.1 Å². The van der Waals surface area contributed by atoms with Crippen LogP contribution in [0, 0.1) is 19.8 Å². The second kappa shape index (κ2) is 11.1. The third-order valence-corrected chi connectivity index (χ3v) is 7.23. The zero-order valence-corrected chi connectivity index (χ0v) is 22.7. The van der Waals surface area contributed by atoms with Crippen LogP contribution in [0.2, 0.25) is 0 Å². The third-order valence-electron chi connectivity index (χ3n) is 7.23. The van der Waals surface area contributed by atoms with Crippen LogP contribution in [-0.4, -0.2) is 45.2 Å². The van der Waals surface area contributed by atoms with Gasteiger partial charge < -0.3 is 15.4 Å². The molecule has 1 aliphatic heterocycles. The molecule has 0 saturated carbocycles. The number of ether oxygens (including phenoxy) is 1. The molecule has 0 spiro atoms. The van der Waals surface area contributed by atoms with Gasteiger partial charge in [-0.25, -0.2) is 0 Å². The van der Waals surface area contributed by atoms with E-state index in [1.54, 1.807) is 12.3 Å². The van der Waals surface area contributed by atoms with E-state index in [2.05, 4.69) is 35.9 Å². The Kier molecular flexibility index (Phi) is 7.93. The third kappa shape index (κ3) is 6.17. The minimum absolute atomic E-state index is 0. The first-order valence-electron chi connectivity index (χ1n) is 12.8. The molecule has 1 fully saturated rings. The number of fused-ring (bicyclic) bond motifs is 1. The molecule has 0 radical (unpaired) electrons. The minimum atomic E-state index is -0.435. The number of hydrogen-bond acceptors (Lipinski definition) is 5. The van der Waals surface area contributed by atoms with Gasteiger partial charge in [-0.2, -0.15) is 5.10 Å². The standard InChI is InChI=1S/C22H20N4O2.C8H17N.H2/c1-13-10-15(4-6-18(13)22(23)27)20-11-17(8-9-24-20)28-16-5-7-19-14(2)25-26(3)21(19)12-16;1-7-4-5-9(3)8(2)6-7;/h4-12H,1-3H3,(H2,23,27);7-8H,4-6H2,1-3H3;1H. The highest BCUT2D eigenvalue weighted by Gasteiger charge is 2.18. The van der Waals surface area contributed by atoms with Crippen molar-refractivity contribution in [1.82, 2.24) is 19.7 Å². The molecule has 7 nitrogen and oxygen atoms in total. The number of piperidine rings is 1. The molecular formula is C30H39N5O2. The van der Waals surface area contributed by atoms with Crippen LogP contribution in [0.3, 0.4) is 0 Å². The van der Waals surface area contributed by atoms with Crippen molar-refractivity contribution in [2.24, 2.45) is 18.7 Å². The molecule has 3 heterocycles. The number of rotatable bonds is 4. The molecule has 0 bridgehead atoms. The SMILES string of the molecule is CC1CCN(C)C(C)C1.Cc1cc(-c2cc(Oc3ccc4c(C)nn(C)c4c3)ccn2)ccc1C(N)=O.[HH]. The van der Waals surface area contributed by atoms with Crippen LogP contribution in [-0.2, 0) is 7.05 Å². The number of primary amides is 1. The summed E-state index contributed by atoms with van der Waals surface area (Å²) in [6.45, 7) is 9.81. The van der Waals surface area contributed by atoms with E-state index < -0.39 is 5.91 Å². The summed E-state index contributed by atoms with van der Waals surface area (Å²) in [4.78, 5) is 18.3. The Bertz CT molecular complexity index is 1420. The fourth-order valence-electron chi connectivity index (χ4n) is 4.87. The van der Waals surface area contributed by atoms with E-state index in [1.807, 2.05) is 68.0 Å². The first-order valence-corrected chi connectivity index (χ1v) is 12.8. The van der Waals surface area contributed by atoms with Crippen molar-refractivity contribution in [3.8, 4) is 22.8 Å². The molecular weight excluding hydrogens is 462 g/mol. The Hall–Kier alpha value is -3.71. The van der Waals surface area contributed by atoms with Crippen molar-refractivity contribution in [3.05, 3.63) is 71.5 Å². The van der Waals surface area contributed by atoms with Crippen LogP contribution in [0.1, 0.15) is 49.7 Å². The summed E-state index contributed by atoms with van der Waals surface area (Å²) in [5, 5.41) is 5.54.